The third-order valence-corrected chi connectivity index (χ3v) is 3.59. The van der Waals surface area contributed by atoms with Crippen molar-refractivity contribution in [1.82, 2.24) is 10.2 Å². The molecule has 2 amide bonds. The molecule has 1 saturated heterocycles. The van der Waals surface area contributed by atoms with Gasteiger partial charge in [-0.15, -0.1) is 0 Å². The molecule has 6 nitrogen and oxygen atoms in total. The molecule has 3 atom stereocenters. The third-order valence-electron chi connectivity index (χ3n) is 3.59. The van der Waals surface area contributed by atoms with Crippen molar-refractivity contribution >= 4 is 12.0 Å². The fraction of sp³-hybridized carbons (Fsp3) is 0.857. The van der Waals surface area contributed by atoms with E-state index in [1.807, 2.05) is 27.7 Å². The molecule has 1 fully saturated rings. The van der Waals surface area contributed by atoms with E-state index in [1.54, 1.807) is 4.90 Å². The van der Waals surface area contributed by atoms with Gasteiger partial charge in [0.2, 0.25) is 5.91 Å². The molecule has 3 N–H and O–H groups in total. The van der Waals surface area contributed by atoms with Gasteiger partial charge in [0.1, 0.15) is 5.60 Å². The molecule has 1 rings (SSSR count). The standard InChI is InChI=1S/C14H27N3O3/c1-9-6-7-17(13(19)20-14(3,4)5)10(2)12(9)16-8-11(15)18/h9-10,12,16H,6-8H2,1-5H3,(H2,15,18)/t9-,10+,12-/m1/s1. The van der Waals surface area contributed by atoms with Crippen molar-refractivity contribution in [2.45, 2.75) is 58.7 Å². The quantitative estimate of drug-likeness (QED) is 0.813. The Morgan fingerprint density at radius 3 is 2.45 bits per heavy atom. The second kappa shape index (κ2) is 6.43. The molecule has 0 radical (unpaired) electrons. The van der Waals surface area contributed by atoms with Crippen LogP contribution in [-0.4, -0.2) is 47.7 Å². The van der Waals surface area contributed by atoms with Gasteiger partial charge in [-0.2, -0.15) is 0 Å². The van der Waals surface area contributed by atoms with Crippen LogP contribution in [0, 0.1) is 5.92 Å². The SMILES string of the molecule is C[C@@H]1CCN(C(=O)OC(C)(C)C)[C@@H](C)[C@@H]1NCC(N)=O. The van der Waals surface area contributed by atoms with Crippen molar-refractivity contribution in [3.63, 3.8) is 0 Å². The number of ether oxygens (including phenoxy) is 1. The molecular formula is C14H27N3O3. The number of amides is 2. The molecule has 0 aromatic heterocycles. The minimum atomic E-state index is -0.504. The van der Waals surface area contributed by atoms with E-state index in [9.17, 15) is 9.59 Å². The summed E-state index contributed by atoms with van der Waals surface area (Å²) >= 11 is 0. The number of hydrogen-bond acceptors (Lipinski definition) is 4. The Bertz CT molecular complexity index is 365. The van der Waals surface area contributed by atoms with E-state index in [1.165, 1.54) is 0 Å². The molecule has 6 heteroatoms. The third kappa shape index (κ3) is 4.67. The maximum atomic E-state index is 12.2. The lowest BCUT2D eigenvalue weighted by Gasteiger charge is -2.43. The average molecular weight is 285 g/mol. The van der Waals surface area contributed by atoms with Crippen LogP contribution in [0.2, 0.25) is 0 Å². The van der Waals surface area contributed by atoms with Crippen LogP contribution >= 0.6 is 0 Å². The molecule has 0 bridgehead atoms. The van der Waals surface area contributed by atoms with E-state index in [2.05, 4.69) is 12.2 Å². The summed E-state index contributed by atoms with van der Waals surface area (Å²) in [5.41, 5.74) is 4.67. The van der Waals surface area contributed by atoms with E-state index in [-0.39, 0.29) is 24.7 Å². The molecule has 1 aliphatic rings. The van der Waals surface area contributed by atoms with Crippen LogP contribution < -0.4 is 11.1 Å². The first-order chi connectivity index (χ1) is 9.11. The Kier molecular flexibility index (Phi) is 5.39. The number of likely N-dealkylation sites (tertiary alicyclic amines) is 1. The van der Waals surface area contributed by atoms with Crippen LogP contribution in [0.5, 0.6) is 0 Å². The van der Waals surface area contributed by atoms with E-state index < -0.39 is 11.5 Å². The molecule has 1 heterocycles. The van der Waals surface area contributed by atoms with Crippen molar-refractivity contribution in [3.8, 4) is 0 Å². The number of hydrogen-bond donors (Lipinski definition) is 2. The summed E-state index contributed by atoms with van der Waals surface area (Å²) in [6.45, 7) is 10.4. The summed E-state index contributed by atoms with van der Waals surface area (Å²) < 4.78 is 5.42. The molecular weight excluding hydrogens is 258 g/mol. The van der Waals surface area contributed by atoms with Crippen LogP contribution in [0.1, 0.15) is 41.0 Å². The smallest absolute Gasteiger partial charge is 0.410 e. The Balaban J connectivity index is 2.70. The van der Waals surface area contributed by atoms with Gasteiger partial charge in [0.15, 0.2) is 0 Å². The summed E-state index contributed by atoms with van der Waals surface area (Å²) in [5.74, 6) is -0.0122. The maximum absolute atomic E-state index is 12.2. The fourth-order valence-electron chi connectivity index (χ4n) is 2.56. The first kappa shape index (κ1) is 16.8. The average Bonchev–Trinajstić information content (AvgIpc) is 2.25. The summed E-state index contributed by atoms with van der Waals surface area (Å²) in [7, 11) is 0. The number of piperidine rings is 1. The second-order valence-electron chi connectivity index (χ2n) is 6.55. The van der Waals surface area contributed by atoms with Crippen LogP contribution in [-0.2, 0) is 9.53 Å². The van der Waals surface area contributed by atoms with Crippen molar-refractivity contribution in [2.24, 2.45) is 11.7 Å². The van der Waals surface area contributed by atoms with Gasteiger partial charge in [0, 0.05) is 18.6 Å². The van der Waals surface area contributed by atoms with Crippen molar-refractivity contribution in [1.29, 1.82) is 0 Å². The highest BCUT2D eigenvalue weighted by atomic mass is 16.6. The zero-order valence-corrected chi connectivity index (χ0v) is 13.1. The minimum absolute atomic E-state index is 0.0343. The lowest BCUT2D eigenvalue weighted by molar-refractivity contribution is -0.117. The predicted molar refractivity (Wildman–Crippen MR) is 77.2 cm³/mol. The second-order valence-corrected chi connectivity index (χ2v) is 6.55. The fourth-order valence-corrected chi connectivity index (χ4v) is 2.56. The summed E-state index contributed by atoms with van der Waals surface area (Å²) in [5, 5.41) is 3.14. The zero-order valence-electron chi connectivity index (χ0n) is 13.1. The Morgan fingerprint density at radius 2 is 1.95 bits per heavy atom. The van der Waals surface area contributed by atoms with Gasteiger partial charge in [-0.1, -0.05) is 6.92 Å². The van der Waals surface area contributed by atoms with E-state index in [0.29, 0.717) is 12.5 Å². The van der Waals surface area contributed by atoms with Gasteiger partial charge in [0.05, 0.1) is 6.54 Å². The molecule has 116 valence electrons. The van der Waals surface area contributed by atoms with Crippen LogP contribution in [0.25, 0.3) is 0 Å². The van der Waals surface area contributed by atoms with Gasteiger partial charge in [-0.3, -0.25) is 4.79 Å². The summed E-state index contributed by atoms with van der Waals surface area (Å²) in [6, 6.07) is 0.0109. The van der Waals surface area contributed by atoms with Gasteiger partial charge in [-0.05, 0) is 40.0 Å². The molecule has 0 aliphatic carbocycles. The van der Waals surface area contributed by atoms with Gasteiger partial charge < -0.3 is 20.7 Å². The summed E-state index contributed by atoms with van der Waals surface area (Å²) in [4.78, 5) is 24.8. The predicted octanol–water partition coefficient (Wildman–Crippen LogP) is 1.10. The van der Waals surface area contributed by atoms with Crippen molar-refractivity contribution in [3.05, 3.63) is 0 Å². The number of carbonyl (C=O) groups excluding carboxylic acids is 2. The summed E-state index contributed by atoms with van der Waals surface area (Å²) in [6.07, 6.45) is 0.572. The van der Waals surface area contributed by atoms with E-state index in [0.717, 1.165) is 6.42 Å². The molecule has 0 aromatic rings. The number of rotatable bonds is 3. The Hall–Kier alpha value is -1.30. The van der Waals surface area contributed by atoms with Gasteiger partial charge in [-0.25, -0.2) is 4.79 Å². The number of nitrogens with two attached hydrogens (primary N) is 1. The molecule has 0 saturated carbocycles. The number of nitrogens with one attached hydrogen (secondary N) is 1. The first-order valence-electron chi connectivity index (χ1n) is 7.13. The van der Waals surface area contributed by atoms with Crippen molar-refractivity contribution < 1.29 is 14.3 Å². The maximum Gasteiger partial charge on any atom is 0.410 e. The lowest BCUT2D eigenvalue weighted by Crippen LogP contribution is -2.59. The minimum Gasteiger partial charge on any atom is -0.444 e. The van der Waals surface area contributed by atoms with E-state index in [4.69, 9.17) is 10.5 Å². The van der Waals surface area contributed by atoms with Crippen LogP contribution in [0.15, 0.2) is 0 Å². The first-order valence-corrected chi connectivity index (χ1v) is 7.13. The van der Waals surface area contributed by atoms with E-state index >= 15 is 0 Å². The largest absolute Gasteiger partial charge is 0.444 e. The monoisotopic (exact) mass is 285 g/mol. The molecule has 20 heavy (non-hydrogen) atoms. The number of carbonyl (C=O) groups is 2. The van der Waals surface area contributed by atoms with Crippen LogP contribution in [0.3, 0.4) is 0 Å². The number of nitrogens with zero attached hydrogens (tertiary/aromatic N) is 1. The van der Waals surface area contributed by atoms with Gasteiger partial charge >= 0.3 is 6.09 Å². The molecule has 0 spiro atoms. The normalized spacial score (nSPS) is 27.2. The zero-order chi connectivity index (χ0) is 15.5. The highest BCUT2D eigenvalue weighted by Crippen LogP contribution is 2.24. The topological polar surface area (TPSA) is 84.7 Å². The molecule has 0 unspecified atom stereocenters. The van der Waals surface area contributed by atoms with Crippen molar-refractivity contribution in [2.75, 3.05) is 13.1 Å². The Labute approximate surface area is 121 Å². The lowest BCUT2D eigenvalue weighted by atomic mass is 9.87. The number of primary amides is 1. The Morgan fingerprint density at radius 1 is 1.35 bits per heavy atom. The highest BCUT2D eigenvalue weighted by molar-refractivity contribution is 5.76. The molecule has 1 aliphatic heterocycles. The van der Waals surface area contributed by atoms with Crippen LogP contribution in [0.4, 0.5) is 4.79 Å². The molecule has 0 aromatic carbocycles. The van der Waals surface area contributed by atoms with Gasteiger partial charge in [0.25, 0.3) is 0 Å². The highest BCUT2D eigenvalue weighted by Gasteiger charge is 2.37.